The largest absolute Gasteiger partial charge is 0.508 e. The Labute approximate surface area is 113 Å². The van der Waals surface area contributed by atoms with Crippen LogP contribution in [-0.2, 0) is 10.0 Å². The molecule has 1 atom stereocenters. The Morgan fingerprint density at radius 2 is 2.11 bits per heavy atom. The van der Waals surface area contributed by atoms with Crippen molar-refractivity contribution >= 4 is 21.8 Å². The lowest BCUT2D eigenvalue weighted by atomic mass is 10.3. The lowest BCUT2D eigenvalue weighted by Crippen LogP contribution is -2.35. The zero-order valence-electron chi connectivity index (χ0n) is 10.8. The maximum Gasteiger partial charge on any atom is 0.243 e. The highest BCUT2D eigenvalue weighted by Gasteiger charge is 2.25. The molecule has 0 bridgehead atoms. The first kappa shape index (κ1) is 15.3. The maximum atomic E-state index is 12.3. The Hall–Kier alpha value is -0.720. The molecule has 1 unspecified atom stereocenters. The predicted octanol–water partition coefficient (Wildman–Crippen LogP) is 2.15. The maximum absolute atomic E-state index is 12.3. The van der Waals surface area contributed by atoms with Crippen LogP contribution in [0.3, 0.4) is 0 Å². The van der Waals surface area contributed by atoms with E-state index in [0.29, 0.717) is 0 Å². The van der Waals surface area contributed by atoms with Crippen LogP contribution in [0.5, 0.6) is 5.75 Å². The van der Waals surface area contributed by atoms with E-state index in [1.54, 1.807) is 18.8 Å². The van der Waals surface area contributed by atoms with Crippen LogP contribution >= 0.6 is 11.8 Å². The molecule has 0 aliphatic carbocycles. The monoisotopic (exact) mass is 289 g/mol. The Morgan fingerprint density at radius 1 is 1.44 bits per heavy atom. The fourth-order valence-corrected chi connectivity index (χ4v) is 3.53. The summed E-state index contributed by atoms with van der Waals surface area (Å²) in [5.41, 5.74) is 0. The summed E-state index contributed by atoms with van der Waals surface area (Å²) >= 11 is 1.69. The molecular formula is C12H19NO3S2. The van der Waals surface area contributed by atoms with Gasteiger partial charge in [0.1, 0.15) is 5.75 Å². The number of rotatable bonds is 6. The SMILES string of the molecule is CSCCC(C)N(C)S(=O)(=O)c1cccc(O)c1. The third-order valence-electron chi connectivity index (χ3n) is 2.86. The van der Waals surface area contributed by atoms with Crippen LogP contribution < -0.4 is 0 Å². The van der Waals surface area contributed by atoms with Gasteiger partial charge in [-0.15, -0.1) is 0 Å². The molecule has 6 heteroatoms. The van der Waals surface area contributed by atoms with Gasteiger partial charge < -0.3 is 5.11 Å². The molecule has 102 valence electrons. The Balaban J connectivity index is 2.92. The summed E-state index contributed by atoms with van der Waals surface area (Å²) in [7, 11) is -1.95. The van der Waals surface area contributed by atoms with Crippen molar-refractivity contribution in [3.8, 4) is 5.75 Å². The Kier molecular flexibility index (Phi) is 5.49. The average Bonchev–Trinajstić information content (AvgIpc) is 2.34. The van der Waals surface area contributed by atoms with Crippen molar-refractivity contribution in [2.45, 2.75) is 24.3 Å². The van der Waals surface area contributed by atoms with Gasteiger partial charge in [0.25, 0.3) is 0 Å². The minimum atomic E-state index is -3.53. The minimum Gasteiger partial charge on any atom is -0.508 e. The van der Waals surface area contributed by atoms with Crippen LogP contribution in [0.1, 0.15) is 13.3 Å². The Morgan fingerprint density at radius 3 is 2.67 bits per heavy atom. The van der Waals surface area contributed by atoms with Gasteiger partial charge in [0, 0.05) is 13.1 Å². The first-order valence-corrected chi connectivity index (χ1v) is 8.49. The number of aromatic hydroxyl groups is 1. The van der Waals surface area contributed by atoms with Gasteiger partial charge >= 0.3 is 0 Å². The van der Waals surface area contributed by atoms with Crippen molar-refractivity contribution in [3.05, 3.63) is 24.3 Å². The number of hydrogen-bond donors (Lipinski definition) is 1. The number of nitrogens with zero attached hydrogens (tertiary/aromatic N) is 1. The van der Waals surface area contributed by atoms with Crippen LogP contribution in [0.15, 0.2) is 29.2 Å². The molecule has 0 saturated heterocycles. The van der Waals surface area contributed by atoms with Gasteiger partial charge in [-0.3, -0.25) is 0 Å². The fourth-order valence-electron chi connectivity index (χ4n) is 1.52. The number of benzene rings is 1. The quantitative estimate of drug-likeness (QED) is 0.872. The Bertz CT molecular complexity index is 488. The standard InChI is InChI=1S/C12H19NO3S2/c1-10(7-8-17-3)13(2)18(15,16)12-6-4-5-11(14)9-12/h4-6,9-10,14H,7-8H2,1-3H3. The molecule has 0 radical (unpaired) electrons. The molecule has 0 spiro atoms. The molecule has 18 heavy (non-hydrogen) atoms. The molecule has 0 aliphatic rings. The molecule has 0 aromatic heterocycles. The molecule has 1 aromatic carbocycles. The highest BCUT2D eigenvalue weighted by atomic mass is 32.2. The molecule has 0 saturated carbocycles. The fraction of sp³-hybridized carbons (Fsp3) is 0.500. The van der Waals surface area contributed by atoms with E-state index >= 15 is 0 Å². The zero-order chi connectivity index (χ0) is 13.8. The molecule has 0 heterocycles. The van der Waals surface area contributed by atoms with Gasteiger partial charge in [0.15, 0.2) is 0 Å². The number of phenolic OH excluding ortho intramolecular Hbond substituents is 1. The van der Waals surface area contributed by atoms with Gasteiger partial charge in [-0.25, -0.2) is 8.42 Å². The summed E-state index contributed by atoms with van der Waals surface area (Å²) in [6.45, 7) is 1.89. The van der Waals surface area contributed by atoms with Gasteiger partial charge in [0.2, 0.25) is 10.0 Å². The molecule has 0 amide bonds. The average molecular weight is 289 g/mol. The third kappa shape index (κ3) is 3.63. The van der Waals surface area contributed by atoms with Crippen molar-refractivity contribution in [2.75, 3.05) is 19.1 Å². The normalized spacial score (nSPS) is 13.8. The van der Waals surface area contributed by atoms with E-state index in [9.17, 15) is 13.5 Å². The third-order valence-corrected chi connectivity index (χ3v) is 5.47. The van der Waals surface area contributed by atoms with E-state index < -0.39 is 10.0 Å². The molecule has 1 N–H and O–H groups in total. The van der Waals surface area contributed by atoms with E-state index in [2.05, 4.69) is 0 Å². The van der Waals surface area contributed by atoms with Crippen LogP contribution in [0.2, 0.25) is 0 Å². The first-order chi connectivity index (χ1) is 8.39. The van der Waals surface area contributed by atoms with Crippen LogP contribution in [0, 0.1) is 0 Å². The second-order valence-electron chi connectivity index (χ2n) is 4.15. The van der Waals surface area contributed by atoms with E-state index in [4.69, 9.17) is 0 Å². The second kappa shape index (κ2) is 6.45. The molecule has 0 fully saturated rings. The predicted molar refractivity (Wildman–Crippen MR) is 75.5 cm³/mol. The van der Waals surface area contributed by atoms with Crippen molar-refractivity contribution in [3.63, 3.8) is 0 Å². The molecule has 0 aliphatic heterocycles. The van der Waals surface area contributed by atoms with Gasteiger partial charge in [-0.1, -0.05) is 6.07 Å². The van der Waals surface area contributed by atoms with E-state index in [1.807, 2.05) is 13.2 Å². The number of hydrogen-bond acceptors (Lipinski definition) is 4. The van der Waals surface area contributed by atoms with E-state index in [0.717, 1.165) is 12.2 Å². The van der Waals surface area contributed by atoms with E-state index in [1.165, 1.54) is 28.6 Å². The van der Waals surface area contributed by atoms with Crippen molar-refractivity contribution in [2.24, 2.45) is 0 Å². The van der Waals surface area contributed by atoms with Gasteiger partial charge in [0.05, 0.1) is 4.90 Å². The lowest BCUT2D eigenvalue weighted by molar-refractivity contribution is 0.382. The summed E-state index contributed by atoms with van der Waals surface area (Å²) < 4.78 is 26.0. The van der Waals surface area contributed by atoms with Crippen LogP contribution in [0.4, 0.5) is 0 Å². The minimum absolute atomic E-state index is 0.0405. The number of thioether (sulfide) groups is 1. The van der Waals surface area contributed by atoms with Crippen LogP contribution in [0.25, 0.3) is 0 Å². The summed E-state index contributed by atoms with van der Waals surface area (Å²) in [5, 5.41) is 9.35. The summed E-state index contributed by atoms with van der Waals surface area (Å²) in [4.78, 5) is 0.126. The first-order valence-electron chi connectivity index (χ1n) is 5.65. The highest BCUT2D eigenvalue weighted by Crippen LogP contribution is 2.21. The molecule has 4 nitrogen and oxygen atoms in total. The summed E-state index contributed by atoms with van der Waals surface area (Å²) in [6.07, 6.45) is 2.80. The number of sulfonamides is 1. The number of phenols is 1. The van der Waals surface area contributed by atoms with Crippen molar-refractivity contribution in [1.82, 2.24) is 4.31 Å². The zero-order valence-corrected chi connectivity index (χ0v) is 12.5. The lowest BCUT2D eigenvalue weighted by Gasteiger charge is -2.24. The van der Waals surface area contributed by atoms with E-state index in [-0.39, 0.29) is 16.7 Å². The van der Waals surface area contributed by atoms with Crippen LogP contribution in [-0.4, -0.2) is 42.9 Å². The van der Waals surface area contributed by atoms with Crippen molar-refractivity contribution in [1.29, 1.82) is 0 Å². The highest BCUT2D eigenvalue weighted by molar-refractivity contribution is 7.98. The molecule has 1 rings (SSSR count). The van der Waals surface area contributed by atoms with Gasteiger partial charge in [-0.2, -0.15) is 16.1 Å². The van der Waals surface area contributed by atoms with Gasteiger partial charge in [-0.05, 0) is 43.6 Å². The molecule has 1 aromatic rings. The smallest absolute Gasteiger partial charge is 0.243 e. The van der Waals surface area contributed by atoms with Crippen molar-refractivity contribution < 1.29 is 13.5 Å². The molecular weight excluding hydrogens is 270 g/mol. The second-order valence-corrected chi connectivity index (χ2v) is 7.13. The topological polar surface area (TPSA) is 57.6 Å². The summed E-state index contributed by atoms with van der Waals surface area (Å²) in [6, 6.07) is 5.68. The summed E-state index contributed by atoms with van der Waals surface area (Å²) in [5.74, 6) is 0.877.